The number of aromatic hydroxyl groups is 1. The Morgan fingerprint density at radius 1 is 1.20 bits per heavy atom. The Hall–Kier alpha value is -2.56. The van der Waals surface area contributed by atoms with Crippen molar-refractivity contribution in [2.75, 3.05) is 0 Å². The fourth-order valence-electron chi connectivity index (χ4n) is 2.14. The van der Waals surface area contributed by atoms with Crippen molar-refractivity contribution in [3.63, 3.8) is 0 Å². The van der Waals surface area contributed by atoms with Crippen LogP contribution < -0.4 is 4.74 Å². The van der Waals surface area contributed by atoms with Gasteiger partial charge in [0.25, 0.3) is 0 Å². The van der Waals surface area contributed by atoms with Gasteiger partial charge in [0.15, 0.2) is 5.75 Å². The van der Waals surface area contributed by atoms with Crippen LogP contribution in [-0.4, -0.2) is 10.0 Å². The molecular weight excluding hydrogens is 258 g/mol. The second kappa shape index (κ2) is 4.85. The normalized spacial score (nSPS) is 14.0. The summed E-state index contributed by atoms with van der Waals surface area (Å²) in [5.74, 6) is 1.04. The molecule has 0 unspecified atom stereocenters. The topological polar surface area (TPSA) is 72.6 Å². The Morgan fingerprint density at radius 3 is 2.50 bits per heavy atom. The van der Waals surface area contributed by atoms with Crippen LogP contribution in [0, 0.1) is 10.1 Å². The van der Waals surface area contributed by atoms with Gasteiger partial charge < -0.3 is 9.84 Å². The van der Waals surface area contributed by atoms with E-state index in [0.29, 0.717) is 11.5 Å². The average molecular weight is 271 g/mol. The summed E-state index contributed by atoms with van der Waals surface area (Å²) in [7, 11) is 0. The van der Waals surface area contributed by atoms with Gasteiger partial charge >= 0.3 is 5.69 Å². The molecule has 0 aromatic heterocycles. The first kappa shape index (κ1) is 12.5. The lowest BCUT2D eigenvalue weighted by Gasteiger charge is -2.11. The first-order valence-corrected chi connectivity index (χ1v) is 6.39. The molecule has 2 aromatic rings. The van der Waals surface area contributed by atoms with Crippen LogP contribution in [0.5, 0.6) is 17.2 Å². The van der Waals surface area contributed by atoms with E-state index in [1.165, 1.54) is 12.1 Å². The number of benzene rings is 2. The smallest absolute Gasteiger partial charge is 0.311 e. The maximum Gasteiger partial charge on any atom is 0.311 e. The van der Waals surface area contributed by atoms with E-state index in [1.807, 2.05) is 18.2 Å². The van der Waals surface area contributed by atoms with Gasteiger partial charge in [-0.1, -0.05) is 18.2 Å². The second-order valence-corrected chi connectivity index (χ2v) is 4.83. The van der Waals surface area contributed by atoms with Gasteiger partial charge in [0, 0.05) is 17.7 Å². The highest BCUT2D eigenvalue weighted by Crippen LogP contribution is 2.48. The van der Waals surface area contributed by atoms with Crippen LogP contribution in [0.2, 0.25) is 0 Å². The molecule has 5 nitrogen and oxygen atoms in total. The third-order valence-electron chi connectivity index (χ3n) is 3.29. The van der Waals surface area contributed by atoms with Crippen molar-refractivity contribution < 1.29 is 14.8 Å². The number of nitro benzene ring substituents is 1. The van der Waals surface area contributed by atoms with Crippen LogP contribution in [0.1, 0.15) is 24.3 Å². The van der Waals surface area contributed by atoms with Crippen molar-refractivity contribution in [2.45, 2.75) is 18.8 Å². The minimum absolute atomic E-state index is 0.271. The first-order valence-electron chi connectivity index (χ1n) is 6.39. The molecule has 1 saturated carbocycles. The summed E-state index contributed by atoms with van der Waals surface area (Å²) in [4.78, 5) is 10.3. The monoisotopic (exact) mass is 271 g/mol. The highest BCUT2D eigenvalue weighted by Gasteiger charge is 2.30. The second-order valence-electron chi connectivity index (χ2n) is 4.83. The van der Waals surface area contributed by atoms with Crippen LogP contribution in [0.3, 0.4) is 0 Å². The lowest BCUT2D eigenvalue weighted by Crippen LogP contribution is -1.95. The van der Waals surface area contributed by atoms with Crippen molar-refractivity contribution >= 4 is 5.69 Å². The maximum atomic E-state index is 10.9. The van der Waals surface area contributed by atoms with E-state index in [0.717, 1.165) is 18.4 Å². The molecule has 0 aliphatic heterocycles. The van der Waals surface area contributed by atoms with Crippen molar-refractivity contribution in [2.24, 2.45) is 0 Å². The summed E-state index contributed by atoms with van der Waals surface area (Å²) in [5, 5.41) is 20.6. The van der Waals surface area contributed by atoms with E-state index in [4.69, 9.17) is 4.74 Å². The number of rotatable bonds is 4. The van der Waals surface area contributed by atoms with Gasteiger partial charge in [0.05, 0.1) is 4.92 Å². The van der Waals surface area contributed by atoms with Crippen molar-refractivity contribution in [3.8, 4) is 17.2 Å². The third-order valence-corrected chi connectivity index (χ3v) is 3.29. The van der Waals surface area contributed by atoms with E-state index in [1.54, 1.807) is 12.1 Å². The lowest BCUT2D eigenvalue weighted by atomic mass is 10.1. The summed E-state index contributed by atoms with van der Waals surface area (Å²) >= 11 is 0. The highest BCUT2D eigenvalue weighted by molar-refractivity contribution is 5.56. The molecule has 3 rings (SSSR count). The fourth-order valence-corrected chi connectivity index (χ4v) is 2.14. The standard InChI is InChI=1S/C15H13NO4/c17-14-9-15(20-11-4-2-1-3-5-11)12(10-6-7-10)8-13(14)16(18)19/h1-5,8-10,17H,6-7H2. The molecule has 0 spiro atoms. The number of phenols is 1. The third kappa shape index (κ3) is 2.42. The van der Waals surface area contributed by atoms with E-state index in [2.05, 4.69) is 0 Å². The minimum atomic E-state index is -0.576. The van der Waals surface area contributed by atoms with Gasteiger partial charge in [0.1, 0.15) is 11.5 Å². The van der Waals surface area contributed by atoms with E-state index >= 15 is 0 Å². The predicted molar refractivity (Wildman–Crippen MR) is 73.3 cm³/mol. The van der Waals surface area contributed by atoms with Crippen LogP contribution >= 0.6 is 0 Å². The SMILES string of the molecule is O=[N+]([O-])c1cc(C2CC2)c(Oc2ccccc2)cc1O. The molecule has 20 heavy (non-hydrogen) atoms. The molecule has 1 aliphatic carbocycles. The molecule has 1 fully saturated rings. The number of nitrogens with zero attached hydrogens (tertiary/aromatic N) is 1. The molecule has 5 heteroatoms. The molecule has 0 amide bonds. The first-order chi connectivity index (χ1) is 9.65. The Balaban J connectivity index is 2.01. The molecule has 0 bridgehead atoms. The number of para-hydroxylation sites is 1. The van der Waals surface area contributed by atoms with Gasteiger partial charge in [-0.3, -0.25) is 10.1 Å². The zero-order valence-electron chi connectivity index (χ0n) is 10.7. The molecule has 102 valence electrons. The number of ether oxygens (including phenoxy) is 1. The Labute approximate surface area is 115 Å². The highest BCUT2D eigenvalue weighted by atomic mass is 16.6. The molecule has 0 radical (unpaired) electrons. The van der Waals surface area contributed by atoms with Gasteiger partial charge in [-0.25, -0.2) is 0 Å². The van der Waals surface area contributed by atoms with Crippen molar-refractivity contribution in [1.82, 2.24) is 0 Å². The molecule has 0 saturated heterocycles. The van der Waals surface area contributed by atoms with Crippen LogP contribution in [0.15, 0.2) is 42.5 Å². The number of hydrogen-bond acceptors (Lipinski definition) is 4. The summed E-state index contributed by atoms with van der Waals surface area (Å²) < 4.78 is 5.74. The predicted octanol–water partition coefficient (Wildman–Crippen LogP) is 3.97. The van der Waals surface area contributed by atoms with Crippen LogP contribution in [0.4, 0.5) is 5.69 Å². The Morgan fingerprint density at radius 2 is 1.90 bits per heavy atom. The van der Waals surface area contributed by atoms with Gasteiger partial charge in [0.2, 0.25) is 0 Å². The number of phenolic OH excluding ortho intramolecular Hbond substituents is 1. The van der Waals surface area contributed by atoms with Crippen molar-refractivity contribution in [1.29, 1.82) is 0 Å². The van der Waals surface area contributed by atoms with E-state index in [-0.39, 0.29) is 17.4 Å². The average Bonchev–Trinajstić information content (AvgIpc) is 3.24. The molecule has 2 aromatic carbocycles. The Kier molecular flexibility index (Phi) is 3.02. The quantitative estimate of drug-likeness (QED) is 0.674. The van der Waals surface area contributed by atoms with E-state index < -0.39 is 4.92 Å². The van der Waals surface area contributed by atoms with Gasteiger partial charge in [-0.05, 0) is 30.9 Å². The zero-order valence-corrected chi connectivity index (χ0v) is 10.7. The summed E-state index contributed by atoms with van der Waals surface area (Å²) in [6.07, 6.45) is 1.99. The van der Waals surface area contributed by atoms with Crippen molar-refractivity contribution in [3.05, 3.63) is 58.1 Å². The Bertz CT molecular complexity index is 650. The maximum absolute atomic E-state index is 10.9. The van der Waals surface area contributed by atoms with Gasteiger partial charge in [-0.2, -0.15) is 0 Å². The molecule has 1 aliphatic rings. The summed E-state index contributed by atoms with van der Waals surface area (Å²) in [5.41, 5.74) is 0.519. The number of hydrogen-bond donors (Lipinski definition) is 1. The summed E-state index contributed by atoms with van der Waals surface area (Å²) in [6, 6.07) is 11.9. The largest absolute Gasteiger partial charge is 0.502 e. The summed E-state index contributed by atoms with van der Waals surface area (Å²) in [6.45, 7) is 0. The molecule has 0 atom stereocenters. The molecule has 1 N–H and O–H groups in total. The lowest BCUT2D eigenvalue weighted by molar-refractivity contribution is -0.385. The van der Waals surface area contributed by atoms with Crippen LogP contribution in [0.25, 0.3) is 0 Å². The van der Waals surface area contributed by atoms with Gasteiger partial charge in [-0.15, -0.1) is 0 Å². The molecular formula is C15H13NO4. The van der Waals surface area contributed by atoms with E-state index in [9.17, 15) is 15.2 Å². The zero-order chi connectivity index (χ0) is 14.1. The fraction of sp³-hybridized carbons (Fsp3) is 0.200. The minimum Gasteiger partial charge on any atom is -0.502 e. The van der Waals surface area contributed by atoms with Crippen LogP contribution in [-0.2, 0) is 0 Å². The number of nitro groups is 1. The molecule has 0 heterocycles.